The summed E-state index contributed by atoms with van der Waals surface area (Å²) < 4.78 is 5.55. The molecule has 3 N–H and O–H groups in total. The summed E-state index contributed by atoms with van der Waals surface area (Å²) in [5.41, 5.74) is 8.95. The molecule has 0 spiro atoms. The molecule has 0 saturated carbocycles. The zero-order valence-electron chi connectivity index (χ0n) is 12.5. The predicted molar refractivity (Wildman–Crippen MR) is 80.6 cm³/mol. The van der Waals surface area contributed by atoms with Crippen molar-refractivity contribution in [1.82, 2.24) is 4.90 Å². The fourth-order valence-electron chi connectivity index (χ4n) is 2.95. The van der Waals surface area contributed by atoms with Gasteiger partial charge < -0.3 is 15.6 Å². The number of aryl methyl sites for hydroxylation is 1. The van der Waals surface area contributed by atoms with Crippen LogP contribution in [-0.2, 0) is 4.74 Å². The molecule has 20 heavy (non-hydrogen) atoms. The molecule has 1 aromatic rings. The number of morpholine rings is 1. The largest absolute Gasteiger partial charge is 0.394 e. The minimum atomic E-state index is -0.0978. The molecule has 0 radical (unpaired) electrons. The average Bonchev–Trinajstić information content (AvgIpc) is 2.49. The quantitative estimate of drug-likeness (QED) is 0.856. The SMILES string of the molecule is CCC(N)C(c1ccccc1C)N1CCOC(CO)C1. The molecule has 2 rings (SSSR count). The van der Waals surface area contributed by atoms with Gasteiger partial charge in [-0.1, -0.05) is 31.2 Å². The molecule has 1 aromatic carbocycles. The van der Waals surface area contributed by atoms with Crippen LogP contribution in [0, 0.1) is 6.92 Å². The highest BCUT2D eigenvalue weighted by molar-refractivity contribution is 5.30. The van der Waals surface area contributed by atoms with Gasteiger partial charge in [0, 0.05) is 19.1 Å². The minimum Gasteiger partial charge on any atom is -0.394 e. The van der Waals surface area contributed by atoms with Crippen molar-refractivity contribution in [2.24, 2.45) is 5.73 Å². The van der Waals surface area contributed by atoms with Crippen LogP contribution >= 0.6 is 0 Å². The van der Waals surface area contributed by atoms with E-state index < -0.39 is 0 Å². The van der Waals surface area contributed by atoms with E-state index in [9.17, 15) is 5.11 Å². The van der Waals surface area contributed by atoms with Crippen LogP contribution in [0.4, 0.5) is 0 Å². The second-order valence-electron chi connectivity index (χ2n) is 5.54. The van der Waals surface area contributed by atoms with Gasteiger partial charge in [-0.25, -0.2) is 0 Å². The monoisotopic (exact) mass is 278 g/mol. The lowest BCUT2D eigenvalue weighted by molar-refractivity contribution is -0.0683. The van der Waals surface area contributed by atoms with Crippen LogP contribution < -0.4 is 5.73 Å². The zero-order valence-corrected chi connectivity index (χ0v) is 12.5. The van der Waals surface area contributed by atoms with Gasteiger partial charge in [-0.2, -0.15) is 0 Å². The average molecular weight is 278 g/mol. The maximum Gasteiger partial charge on any atom is 0.0933 e. The molecule has 3 atom stereocenters. The number of nitrogens with two attached hydrogens (primary N) is 1. The zero-order chi connectivity index (χ0) is 14.5. The van der Waals surface area contributed by atoms with Crippen LogP contribution in [0.25, 0.3) is 0 Å². The van der Waals surface area contributed by atoms with Crippen LogP contribution in [0.2, 0.25) is 0 Å². The van der Waals surface area contributed by atoms with Crippen LogP contribution in [-0.4, -0.2) is 48.5 Å². The van der Waals surface area contributed by atoms with Gasteiger partial charge in [0.05, 0.1) is 25.4 Å². The van der Waals surface area contributed by atoms with Gasteiger partial charge in [0.1, 0.15) is 0 Å². The van der Waals surface area contributed by atoms with Gasteiger partial charge in [0.2, 0.25) is 0 Å². The third kappa shape index (κ3) is 3.38. The standard InChI is InChI=1S/C16H26N2O2/c1-3-15(17)16(14-7-5-4-6-12(14)2)18-8-9-20-13(10-18)11-19/h4-7,13,15-16,19H,3,8-11,17H2,1-2H3. The molecule has 0 aliphatic carbocycles. The first kappa shape index (κ1) is 15.4. The Kier molecular flexibility index (Phi) is 5.54. The number of benzene rings is 1. The molecular weight excluding hydrogens is 252 g/mol. The summed E-state index contributed by atoms with van der Waals surface area (Å²) in [5, 5.41) is 9.33. The first-order valence-electron chi connectivity index (χ1n) is 7.45. The van der Waals surface area contributed by atoms with Crippen LogP contribution in [0.1, 0.15) is 30.5 Å². The molecule has 0 aromatic heterocycles. The Balaban J connectivity index is 2.26. The lowest BCUT2D eigenvalue weighted by Gasteiger charge is -2.41. The first-order chi connectivity index (χ1) is 9.67. The Morgan fingerprint density at radius 2 is 2.20 bits per heavy atom. The van der Waals surface area contributed by atoms with E-state index in [4.69, 9.17) is 10.5 Å². The van der Waals surface area contributed by atoms with E-state index in [0.29, 0.717) is 6.61 Å². The number of hydrogen-bond acceptors (Lipinski definition) is 4. The van der Waals surface area contributed by atoms with Crippen molar-refractivity contribution in [3.05, 3.63) is 35.4 Å². The van der Waals surface area contributed by atoms with Crippen LogP contribution in [0.5, 0.6) is 0 Å². The lowest BCUT2D eigenvalue weighted by atomic mass is 9.92. The normalized spacial score (nSPS) is 23.5. The molecule has 0 amide bonds. The highest BCUT2D eigenvalue weighted by Crippen LogP contribution is 2.29. The van der Waals surface area contributed by atoms with Gasteiger partial charge in [-0.05, 0) is 24.5 Å². The molecule has 1 aliphatic heterocycles. The van der Waals surface area contributed by atoms with E-state index in [-0.39, 0.29) is 24.8 Å². The molecule has 1 fully saturated rings. The van der Waals surface area contributed by atoms with E-state index in [0.717, 1.165) is 19.5 Å². The second kappa shape index (κ2) is 7.18. The number of ether oxygens (including phenoxy) is 1. The fraction of sp³-hybridized carbons (Fsp3) is 0.625. The second-order valence-corrected chi connectivity index (χ2v) is 5.54. The predicted octanol–water partition coefficient (Wildman–Crippen LogP) is 1.47. The van der Waals surface area contributed by atoms with Crippen molar-refractivity contribution in [1.29, 1.82) is 0 Å². The summed E-state index contributed by atoms with van der Waals surface area (Å²) in [6, 6.07) is 8.71. The van der Waals surface area contributed by atoms with Gasteiger partial charge in [0.15, 0.2) is 0 Å². The highest BCUT2D eigenvalue weighted by atomic mass is 16.5. The minimum absolute atomic E-state index is 0.0678. The van der Waals surface area contributed by atoms with E-state index in [1.54, 1.807) is 0 Å². The smallest absolute Gasteiger partial charge is 0.0933 e. The number of rotatable bonds is 5. The topological polar surface area (TPSA) is 58.7 Å². The van der Waals surface area contributed by atoms with Crippen LogP contribution in [0.3, 0.4) is 0 Å². The van der Waals surface area contributed by atoms with Crippen molar-refractivity contribution >= 4 is 0 Å². The van der Waals surface area contributed by atoms with Gasteiger partial charge >= 0.3 is 0 Å². The lowest BCUT2D eigenvalue weighted by Crippen LogP contribution is -2.50. The third-order valence-corrected chi connectivity index (χ3v) is 4.15. The number of aliphatic hydroxyl groups excluding tert-OH is 1. The third-order valence-electron chi connectivity index (χ3n) is 4.15. The van der Waals surface area contributed by atoms with Crippen molar-refractivity contribution in [3.63, 3.8) is 0 Å². The summed E-state index contributed by atoms with van der Waals surface area (Å²) in [7, 11) is 0. The van der Waals surface area contributed by atoms with Gasteiger partial charge in [0.25, 0.3) is 0 Å². The molecule has 1 heterocycles. The number of hydrogen-bond donors (Lipinski definition) is 2. The molecule has 0 bridgehead atoms. The van der Waals surface area contributed by atoms with Crippen molar-refractivity contribution in [2.75, 3.05) is 26.3 Å². The van der Waals surface area contributed by atoms with E-state index in [1.807, 2.05) is 0 Å². The number of nitrogens with zero attached hydrogens (tertiary/aromatic N) is 1. The molecule has 112 valence electrons. The fourth-order valence-corrected chi connectivity index (χ4v) is 2.95. The first-order valence-corrected chi connectivity index (χ1v) is 7.45. The Bertz CT molecular complexity index is 425. The van der Waals surface area contributed by atoms with E-state index in [1.165, 1.54) is 11.1 Å². The van der Waals surface area contributed by atoms with E-state index >= 15 is 0 Å². The molecule has 3 unspecified atom stereocenters. The molecule has 4 heteroatoms. The maximum atomic E-state index is 9.33. The Hall–Kier alpha value is -0.940. The summed E-state index contributed by atoms with van der Waals surface area (Å²) >= 11 is 0. The summed E-state index contributed by atoms with van der Waals surface area (Å²) in [6.45, 7) is 6.59. The molecule has 1 aliphatic rings. The molecule has 4 nitrogen and oxygen atoms in total. The summed E-state index contributed by atoms with van der Waals surface area (Å²) in [5.74, 6) is 0. The summed E-state index contributed by atoms with van der Waals surface area (Å²) in [6.07, 6.45) is 0.833. The number of aliphatic hydroxyl groups is 1. The Morgan fingerprint density at radius 3 is 2.85 bits per heavy atom. The van der Waals surface area contributed by atoms with Crippen LogP contribution in [0.15, 0.2) is 24.3 Å². The van der Waals surface area contributed by atoms with Crippen molar-refractivity contribution in [3.8, 4) is 0 Å². The van der Waals surface area contributed by atoms with Gasteiger partial charge in [-0.15, -0.1) is 0 Å². The maximum absolute atomic E-state index is 9.33. The summed E-state index contributed by atoms with van der Waals surface area (Å²) in [4.78, 5) is 2.36. The Morgan fingerprint density at radius 1 is 1.45 bits per heavy atom. The van der Waals surface area contributed by atoms with E-state index in [2.05, 4.69) is 43.0 Å². The van der Waals surface area contributed by atoms with Crippen molar-refractivity contribution < 1.29 is 9.84 Å². The highest BCUT2D eigenvalue weighted by Gasteiger charge is 2.31. The molecular formula is C16H26N2O2. The van der Waals surface area contributed by atoms with Crippen molar-refractivity contribution in [2.45, 2.75) is 38.5 Å². The Labute approximate surface area is 121 Å². The van der Waals surface area contributed by atoms with Gasteiger partial charge in [-0.3, -0.25) is 4.90 Å². The molecule has 1 saturated heterocycles.